The summed E-state index contributed by atoms with van der Waals surface area (Å²) in [4.78, 5) is 7.78. The van der Waals surface area contributed by atoms with Crippen LogP contribution in [0.2, 0.25) is 0 Å². The van der Waals surface area contributed by atoms with Crippen molar-refractivity contribution in [2.24, 2.45) is 0 Å². The van der Waals surface area contributed by atoms with Crippen LogP contribution in [0.4, 0.5) is 0 Å². The van der Waals surface area contributed by atoms with E-state index in [1.54, 1.807) is 0 Å². The number of morpholine rings is 1. The molecule has 9 nitrogen and oxygen atoms in total. The van der Waals surface area contributed by atoms with Gasteiger partial charge < -0.3 is 9.72 Å². The highest BCUT2D eigenvalue weighted by Gasteiger charge is 2.26. The van der Waals surface area contributed by atoms with Gasteiger partial charge in [0.1, 0.15) is 5.82 Å². The molecule has 1 aliphatic rings. The molecule has 1 fully saturated rings. The molecule has 0 aliphatic carbocycles. The molecule has 2 aromatic carbocycles. The zero-order valence-corrected chi connectivity index (χ0v) is 18.5. The minimum Gasteiger partial charge on any atom is -0.379 e. The summed E-state index contributed by atoms with van der Waals surface area (Å²) in [5, 5.41) is 0. The summed E-state index contributed by atoms with van der Waals surface area (Å²) in [6.07, 6.45) is 1.18. The van der Waals surface area contributed by atoms with Crippen molar-refractivity contribution >= 4 is 31.1 Å². The lowest BCUT2D eigenvalue weighted by atomic mass is 10.3. The largest absolute Gasteiger partial charge is 0.379 e. The summed E-state index contributed by atoms with van der Waals surface area (Å²) in [5.74, 6) is 0.804. The summed E-state index contributed by atoms with van der Waals surface area (Å²) in [6.45, 7) is 1.52. The Morgan fingerprint density at radius 1 is 0.968 bits per heavy atom. The minimum absolute atomic E-state index is 0.0252. The smallest absolute Gasteiger partial charge is 0.243 e. The molecule has 0 amide bonds. The maximum absolute atomic E-state index is 12.7. The van der Waals surface area contributed by atoms with Gasteiger partial charge in [0.05, 0.1) is 34.0 Å². The van der Waals surface area contributed by atoms with Gasteiger partial charge in [-0.2, -0.15) is 4.31 Å². The maximum Gasteiger partial charge on any atom is 0.243 e. The van der Waals surface area contributed by atoms with Crippen molar-refractivity contribution in [1.29, 1.82) is 0 Å². The quantitative estimate of drug-likeness (QED) is 0.487. The van der Waals surface area contributed by atoms with Crippen LogP contribution in [-0.2, 0) is 31.2 Å². The Bertz CT molecular complexity index is 1220. The van der Waals surface area contributed by atoms with Gasteiger partial charge >= 0.3 is 0 Å². The van der Waals surface area contributed by atoms with Gasteiger partial charge in [0.2, 0.25) is 20.0 Å². The average molecular weight is 465 g/mol. The van der Waals surface area contributed by atoms with Crippen LogP contribution in [0.1, 0.15) is 12.2 Å². The second kappa shape index (κ2) is 9.05. The third kappa shape index (κ3) is 4.96. The van der Waals surface area contributed by atoms with Crippen molar-refractivity contribution in [1.82, 2.24) is 19.0 Å². The number of sulfonamides is 2. The minimum atomic E-state index is -3.74. The van der Waals surface area contributed by atoms with Gasteiger partial charge in [0, 0.05) is 26.1 Å². The van der Waals surface area contributed by atoms with Gasteiger partial charge in [0.15, 0.2) is 0 Å². The van der Waals surface area contributed by atoms with Crippen molar-refractivity contribution < 1.29 is 21.6 Å². The molecule has 0 unspecified atom stereocenters. The number of para-hydroxylation sites is 2. The van der Waals surface area contributed by atoms with Gasteiger partial charge in [-0.15, -0.1) is 0 Å². The van der Waals surface area contributed by atoms with Crippen LogP contribution in [0.25, 0.3) is 11.0 Å². The second-order valence-electron chi connectivity index (χ2n) is 7.19. The van der Waals surface area contributed by atoms with Crippen molar-refractivity contribution in [3.8, 4) is 0 Å². The van der Waals surface area contributed by atoms with E-state index >= 15 is 0 Å². The lowest BCUT2D eigenvalue weighted by Gasteiger charge is -2.26. The third-order valence-electron chi connectivity index (χ3n) is 5.06. The van der Waals surface area contributed by atoms with Crippen molar-refractivity contribution in [2.75, 3.05) is 32.8 Å². The lowest BCUT2D eigenvalue weighted by molar-refractivity contribution is 0.0730. The van der Waals surface area contributed by atoms with Gasteiger partial charge in [0.25, 0.3) is 0 Å². The Morgan fingerprint density at radius 2 is 1.65 bits per heavy atom. The van der Waals surface area contributed by atoms with E-state index in [0.717, 1.165) is 16.9 Å². The number of imidazole rings is 1. The van der Waals surface area contributed by atoms with E-state index in [9.17, 15) is 16.8 Å². The van der Waals surface area contributed by atoms with Gasteiger partial charge in [-0.05, 0) is 42.8 Å². The van der Waals surface area contributed by atoms with E-state index in [4.69, 9.17) is 4.74 Å². The van der Waals surface area contributed by atoms with E-state index in [0.29, 0.717) is 26.1 Å². The van der Waals surface area contributed by atoms with Crippen molar-refractivity contribution in [3.05, 3.63) is 54.4 Å². The number of ether oxygens (including phenoxy) is 1. The summed E-state index contributed by atoms with van der Waals surface area (Å²) in [5.41, 5.74) is 1.83. The molecule has 2 heterocycles. The van der Waals surface area contributed by atoms with Crippen LogP contribution in [0, 0.1) is 0 Å². The van der Waals surface area contributed by atoms with Gasteiger partial charge in [-0.3, -0.25) is 0 Å². The third-order valence-corrected chi connectivity index (χ3v) is 8.45. The number of hydrogen-bond acceptors (Lipinski definition) is 6. The van der Waals surface area contributed by atoms with Crippen LogP contribution in [-0.4, -0.2) is 64.0 Å². The highest BCUT2D eigenvalue weighted by atomic mass is 32.2. The topological polar surface area (TPSA) is 121 Å². The SMILES string of the molecule is O=S(=O)(NCCCc1nc2ccccc2[nH]1)c1ccc(S(=O)(=O)N2CCOCC2)cc1. The first-order chi connectivity index (χ1) is 14.9. The first kappa shape index (κ1) is 21.9. The molecule has 0 saturated carbocycles. The van der Waals surface area contributed by atoms with E-state index in [-0.39, 0.29) is 29.4 Å². The molecule has 1 aromatic heterocycles. The summed E-state index contributed by atoms with van der Waals surface area (Å²) in [6, 6.07) is 13.0. The molecule has 0 atom stereocenters. The van der Waals surface area contributed by atoms with Crippen LogP contribution in [0.5, 0.6) is 0 Å². The highest BCUT2D eigenvalue weighted by Crippen LogP contribution is 2.19. The molecule has 0 radical (unpaired) electrons. The normalized spacial score (nSPS) is 16.0. The van der Waals surface area contributed by atoms with E-state index in [2.05, 4.69) is 14.7 Å². The van der Waals surface area contributed by atoms with Crippen molar-refractivity contribution in [3.63, 3.8) is 0 Å². The van der Waals surface area contributed by atoms with Crippen molar-refractivity contribution in [2.45, 2.75) is 22.6 Å². The Morgan fingerprint density at radius 3 is 2.35 bits per heavy atom. The number of rotatable bonds is 8. The van der Waals surface area contributed by atoms with E-state index < -0.39 is 20.0 Å². The first-order valence-corrected chi connectivity index (χ1v) is 12.9. The monoisotopic (exact) mass is 464 g/mol. The fraction of sp³-hybridized carbons (Fsp3) is 0.350. The number of aromatic nitrogens is 2. The fourth-order valence-corrected chi connectivity index (χ4v) is 5.88. The van der Waals surface area contributed by atoms with Crippen LogP contribution < -0.4 is 4.72 Å². The number of aromatic amines is 1. The highest BCUT2D eigenvalue weighted by molar-refractivity contribution is 7.89. The van der Waals surface area contributed by atoms with Gasteiger partial charge in [-0.1, -0.05) is 12.1 Å². The molecule has 166 valence electrons. The number of fused-ring (bicyclic) bond motifs is 1. The molecule has 3 aromatic rings. The molecule has 0 bridgehead atoms. The average Bonchev–Trinajstić information content (AvgIpc) is 3.20. The van der Waals surface area contributed by atoms with E-state index in [1.807, 2.05) is 24.3 Å². The number of benzene rings is 2. The number of nitrogens with zero attached hydrogens (tertiary/aromatic N) is 2. The number of aryl methyl sites for hydroxylation is 1. The molecule has 1 aliphatic heterocycles. The molecular weight excluding hydrogens is 440 g/mol. The summed E-state index contributed by atoms with van der Waals surface area (Å²) in [7, 11) is -7.39. The Kier molecular flexibility index (Phi) is 6.39. The molecule has 1 saturated heterocycles. The van der Waals surface area contributed by atoms with E-state index in [1.165, 1.54) is 28.6 Å². The Hall–Kier alpha value is -2.31. The molecule has 31 heavy (non-hydrogen) atoms. The maximum atomic E-state index is 12.7. The zero-order valence-electron chi connectivity index (χ0n) is 16.8. The Balaban J connectivity index is 1.34. The van der Waals surface area contributed by atoms with Crippen LogP contribution in [0.3, 0.4) is 0 Å². The molecule has 4 rings (SSSR count). The molecule has 11 heteroatoms. The zero-order chi connectivity index (χ0) is 21.9. The van der Waals surface area contributed by atoms with Crippen LogP contribution in [0.15, 0.2) is 58.3 Å². The fourth-order valence-electron chi connectivity index (χ4n) is 3.40. The number of nitrogens with one attached hydrogen (secondary N) is 2. The molecular formula is C20H24N4O5S2. The summed E-state index contributed by atoms with van der Waals surface area (Å²) >= 11 is 0. The Labute approximate surface area is 181 Å². The predicted molar refractivity (Wildman–Crippen MR) is 116 cm³/mol. The number of H-pyrrole nitrogens is 1. The lowest BCUT2D eigenvalue weighted by Crippen LogP contribution is -2.40. The first-order valence-electron chi connectivity index (χ1n) is 9.97. The van der Waals surface area contributed by atoms with Gasteiger partial charge in [-0.25, -0.2) is 26.5 Å². The second-order valence-corrected chi connectivity index (χ2v) is 10.9. The predicted octanol–water partition coefficient (Wildman–Crippen LogP) is 1.49. The molecule has 2 N–H and O–H groups in total. The summed E-state index contributed by atoms with van der Waals surface area (Å²) < 4.78 is 59.5. The standard InChI is InChI=1S/C20H24N4O5S2/c25-30(26,21-11-3-6-20-22-18-4-1-2-5-19(18)23-20)16-7-9-17(10-8-16)31(27,28)24-12-14-29-15-13-24/h1-2,4-5,7-10,21H,3,6,11-15H2,(H,22,23). The molecule has 0 spiro atoms. The number of hydrogen-bond donors (Lipinski definition) is 2. The van der Waals surface area contributed by atoms with Crippen LogP contribution >= 0.6 is 0 Å².